The molecule has 0 aliphatic carbocycles. The minimum Gasteiger partial charge on any atom is -0.394 e. The van der Waals surface area contributed by atoms with Crippen molar-refractivity contribution in [2.45, 2.75) is 378 Å². The van der Waals surface area contributed by atoms with Gasteiger partial charge in [-0.15, -0.1) is 0 Å². The van der Waals surface area contributed by atoms with Gasteiger partial charge in [0.25, 0.3) is 0 Å². The number of amides is 1. The number of rotatable bonds is 56. The molecule has 71 heavy (non-hydrogen) atoms. The zero-order valence-corrected chi connectivity index (χ0v) is 47.3. The van der Waals surface area contributed by atoms with Crippen molar-refractivity contribution >= 4 is 5.91 Å². The van der Waals surface area contributed by atoms with E-state index in [0.717, 1.165) is 38.5 Å². The zero-order chi connectivity index (χ0) is 51.5. The molecule has 9 nitrogen and oxygen atoms in total. The smallest absolute Gasteiger partial charge is 0.220 e. The van der Waals surface area contributed by atoms with Crippen LogP contribution in [-0.4, -0.2) is 87.5 Å². The summed E-state index contributed by atoms with van der Waals surface area (Å²) in [5.74, 6) is -0.135. The number of aliphatic hydroxyl groups excluding tert-OH is 5. The summed E-state index contributed by atoms with van der Waals surface area (Å²) in [7, 11) is 0. The van der Waals surface area contributed by atoms with Crippen molar-refractivity contribution in [1.82, 2.24) is 5.32 Å². The van der Waals surface area contributed by atoms with Gasteiger partial charge in [-0.1, -0.05) is 316 Å². The molecule has 0 spiro atoms. The van der Waals surface area contributed by atoms with Crippen LogP contribution in [0.2, 0.25) is 0 Å². The molecule has 0 aromatic rings. The molecule has 0 bridgehead atoms. The number of hydrogen-bond acceptors (Lipinski definition) is 8. The Morgan fingerprint density at radius 3 is 1.00 bits per heavy atom. The van der Waals surface area contributed by atoms with Crippen molar-refractivity contribution in [2.75, 3.05) is 13.2 Å². The highest BCUT2D eigenvalue weighted by molar-refractivity contribution is 5.76. The van der Waals surface area contributed by atoms with Crippen molar-refractivity contribution in [1.29, 1.82) is 0 Å². The summed E-state index contributed by atoms with van der Waals surface area (Å²) in [5.41, 5.74) is 0. The van der Waals surface area contributed by atoms with E-state index < -0.39 is 49.5 Å². The van der Waals surface area contributed by atoms with Crippen LogP contribution in [0.4, 0.5) is 0 Å². The molecule has 1 heterocycles. The monoisotopic (exact) mass is 1010 g/mol. The lowest BCUT2D eigenvalue weighted by Crippen LogP contribution is -2.60. The van der Waals surface area contributed by atoms with Gasteiger partial charge in [0.05, 0.1) is 25.4 Å². The fourth-order valence-corrected chi connectivity index (χ4v) is 10.7. The molecule has 6 N–H and O–H groups in total. The summed E-state index contributed by atoms with van der Waals surface area (Å²) >= 11 is 0. The molecule has 7 unspecified atom stereocenters. The van der Waals surface area contributed by atoms with Crippen LogP contribution in [0.15, 0.2) is 0 Å². The fraction of sp³-hybridized carbons (Fsp3) is 0.984. The Morgan fingerprint density at radius 2 is 0.704 bits per heavy atom. The highest BCUT2D eigenvalue weighted by Gasteiger charge is 2.44. The highest BCUT2D eigenvalue weighted by atomic mass is 16.7. The molecule has 1 saturated heterocycles. The third-order valence-electron chi connectivity index (χ3n) is 15.7. The maximum atomic E-state index is 13.1. The van der Waals surface area contributed by atoms with Gasteiger partial charge >= 0.3 is 0 Å². The second-order valence-electron chi connectivity index (χ2n) is 22.6. The first-order chi connectivity index (χ1) is 34.8. The fourth-order valence-electron chi connectivity index (χ4n) is 10.7. The molecule has 424 valence electrons. The Kier molecular flexibility index (Phi) is 50.6. The molecule has 0 radical (unpaired) electrons. The number of unbranched alkanes of at least 4 members (excludes halogenated alkanes) is 46. The molecule has 0 aromatic heterocycles. The number of nitrogens with one attached hydrogen (secondary N) is 1. The van der Waals surface area contributed by atoms with Crippen LogP contribution >= 0.6 is 0 Å². The molecular weight excluding hydrogens is 887 g/mol. The van der Waals surface area contributed by atoms with E-state index in [4.69, 9.17) is 9.47 Å². The van der Waals surface area contributed by atoms with Crippen molar-refractivity contribution in [3.8, 4) is 0 Å². The summed E-state index contributed by atoms with van der Waals surface area (Å²) in [6.07, 6.45) is 57.3. The molecule has 0 aromatic carbocycles. The number of carbonyl (C=O) groups is 1. The Hall–Kier alpha value is -0.810. The summed E-state index contributed by atoms with van der Waals surface area (Å²) < 4.78 is 11.3. The molecule has 1 aliphatic heterocycles. The predicted molar refractivity (Wildman–Crippen MR) is 300 cm³/mol. The quantitative estimate of drug-likeness (QED) is 0.0330. The molecule has 7 atom stereocenters. The summed E-state index contributed by atoms with van der Waals surface area (Å²) in [6.45, 7) is 3.89. The highest BCUT2D eigenvalue weighted by Crippen LogP contribution is 2.24. The zero-order valence-electron chi connectivity index (χ0n) is 47.3. The molecule has 1 fully saturated rings. The molecule has 1 amide bonds. The lowest BCUT2D eigenvalue weighted by molar-refractivity contribution is -0.302. The largest absolute Gasteiger partial charge is 0.394 e. The van der Waals surface area contributed by atoms with E-state index >= 15 is 0 Å². The van der Waals surface area contributed by atoms with E-state index in [9.17, 15) is 30.3 Å². The lowest BCUT2D eigenvalue weighted by atomic mass is 9.99. The van der Waals surface area contributed by atoms with Crippen molar-refractivity contribution in [3.05, 3.63) is 0 Å². The third-order valence-corrected chi connectivity index (χ3v) is 15.7. The predicted octanol–water partition coefficient (Wildman–Crippen LogP) is 16.2. The van der Waals surface area contributed by atoms with E-state index in [2.05, 4.69) is 19.2 Å². The summed E-state index contributed by atoms with van der Waals surface area (Å²) in [5, 5.41) is 54.7. The van der Waals surface area contributed by atoms with E-state index in [1.807, 2.05) is 0 Å². The van der Waals surface area contributed by atoms with E-state index in [-0.39, 0.29) is 12.5 Å². The van der Waals surface area contributed by atoms with Gasteiger partial charge in [0.1, 0.15) is 24.4 Å². The van der Waals surface area contributed by atoms with Crippen LogP contribution in [0.1, 0.15) is 335 Å². The second-order valence-corrected chi connectivity index (χ2v) is 22.6. The van der Waals surface area contributed by atoms with Crippen molar-refractivity contribution < 1.29 is 39.8 Å². The normalized spacial score (nSPS) is 19.1. The van der Waals surface area contributed by atoms with E-state index in [0.29, 0.717) is 12.8 Å². The standard InChI is InChI=1S/C62H123NO8/c1-3-5-7-9-11-13-15-17-19-21-22-23-24-25-26-27-28-29-30-31-32-33-34-36-38-40-42-44-46-48-50-52-58(66)63-55(54-70-62-61(69)60(68)59(67)57(53-64)71-62)56(65)51-49-47-45-43-41-39-37-35-20-18-16-14-12-10-8-6-4-2/h55-57,59-62,64-65,67-69H,3-54H2,1-2H3,(H,63,66). The van der Waals surface area contributed by atoms with Gasteiger partial charge in [0.15, 0.2) is 6.29 Å². The number of ether oxygens (including phenoxy) is 2. The Bertz CT molecular complexity index is 1080. The van der Waals surface area contributed by atoms with Gasteiger partial charge < -0.3 is 40.3 Å². The van der Waals surface area contributed by atoms with E-state index in [1.165, 1.54) is 270 Å². The van der Waals surface area contributed by atoms with Gasteiger partial charge in [-0.05, 0) is 12.8 Å². The molecule has 1 aliphatic rings. The number of carbonyl (C=O) groups excluding carboxylic acids is 1. The average Bonchev–Trinajstić information content (AvgIpc) is 3.37. The van der Waals surface area contributed by atoms with Crippen LogP contribution in [0.5, 0.6) is 0 Å². The van der Waals surface area contributed by atoms with Crippen molar-refractivity contribution in [2.24, 2.45) is 0 Å². The number of aliphatic hydroxyl groups is 5. The summed E-state index contributed by atoms with van der Waals surface area (Å²) in [6, 6.07) is -0.714. The Balaban J connectivity index is 2.09. The average molecular weight is 1010 g/mol. The maximum Gasteiger partial charge on any atom is 0.220 e. The minimum absolute atomic E-state index is 0.131. The first-order valence-electron chi connectivity index (χ1n) is 31.7. The topological polar surface area (TPSA) is 149 Å². The van der Waals surface area contributed by atoms with Gasteiger partial charge in [-0.2, -0.15) is 0 Å². The molecule has 9 heteroatoms. The minimum atomic E-state index is -1.55. The van der Waals surface area contributed by atoms with Gasteiger partial charge in [-0.3, -0.25) is 4.79 Å². The van der Waals surface area contributed by atoms with Gasteiger partial charge in [0, 0.05) is 6.42 Å². The lowest BCUT2D eigenvalue weighted by Gasteiger charge is -2.40. The van der Waals surface area contributed by atoms with Crippen LogP contribution in [-0.2, 0) is 14.3 Å². The molecule has 1 rings (SSSR count). The van der Waals surface area contributed by atoms with Crippen molar-refractivity contribution in [3.63, 3.8) is 0 Å². The van der Waals surface area contributed by atoms with Gasteiger partial charge in [0.2, 0.25) is 5.91 Å². The van der Waals surface area contributed by atoms with E-state index in [1.54, 1.807) is 0 Å². The van der Waals surface area contributed by atoms with Crippen LogP contribution < -0.4 is 5.32 Å². The first kappa shape index (κ1) is 68.2. The van der Waals surface area contributed by atoms with Crippen LogP contribution in [0.25, 0.3) is 0 Å². The van der Waals surface area contributed by atoms with Crippen LogP contribution in [0, 0.1) is 0 Å². The Labute approximate surface area is 440 Å². The molecular formula is C62H123NO8. The summed E-state index contributed by atoms with van der Waals surface area (Å²) in [4.78, 5) is 13.1. The first-order valence-corrected chi connectivity index (χ1v) is 31.7. The SMILES string of the molecule is CCCCCCCCCCCCCCCCCCCCCCCCCCCCCCCCCC(=O)NC(COC1OC(CO)C(O)C(O)C1O)C(O)CCCCCCCCCCCCCCCCCCC. The second kappa shape index (κ2) is 52.6. The third kappa shape index (κ3) is 42.0. The van der Waals surface area contributed by atoms with Crippen LogP contribution in [0.3, 0.4) is 0 Å². The Morgan fingerprint density at radius 1 is 0.423 bits per heavy atom. The van der Waals surface area contributed by atoms with Gasteiger partial charge in [-0.25, -0.2) is 0 Å². The molecule has 0 saturated carbocycles. The maximum absolute atomic E-state index is 13.1. The number of hydrogen-bond donors (Lipinski definition) is 6.